The lowest BCUT2D eigenvalue weighted by molar-refractivity contribution is 0.0480. The molecule has 0 unspecified atom stereocenters. The van der Waals surface area contributed by atoms with Gasteiger partial charge >= 0.3 is 6.09 Å². The average molecular weight is 412 g/mol. The van der Waals surface area contributed by atoms with Crippen LogP contribution in [0.5, 0.6) is 5.75 Å². The van der Waals surface area contributed by atoms with Crippen LogP contribution in [-0.4, -0.2) is 34.3 Å². The Bertz CT molecular complexity index is 1100. The molecule has 1 aromatic carbocycles. The zero-order chi connectivity index (χ0) is 21.9. The molecule has 1 atom stereocenters. The van der Waals surface area contributed by atoms with Gasteiger partial charge in [-0.3, -0.25) is 9.78 Å². The minimum atomic E-state index is -0.564. The van der Waals surface area contributed by atoms with Gasteiger partial charge < -0.3 is 19.8 Å². The van der Waals surface area contributed by atoms with Gasteiger partial charge in [-0.25, -0.2) is 4.79 Å². The van der Waals surface area contributed by atoms with Crippen LogP contribution in [0.15, 0.2) is 41.5 Å². The number of carbonyl (C=O) groups excluding carboxylic acids is 1. The third-order valence-electron chi connectivity index (χ3n) is 4.52. The van der Waals surface area contributed by atoms with Crippen LogP contribution in [0.2, 0.25) is 0 Å². The molecular formula is C23H29N3O4. The summed E-state index contributed by atoms with van der Waals surface area (Å²) in [5.41, 5.74) is -0.0610. The monoisotopic (exact) mass is 411 g/mol. The topological polar surface area (TPSA) is 93.3 Å². The highest BCUT2D eigenvalue weighted by atomic mass is 16.6. The largest absolute Gasteiger partial charge is 0.491 e. The molecule has 160 valence electrons. The molecule has 7 nitrogen and oxygen atoms in total. The fraction of sp³-hybridized carbons (Fsp3) is 0.435. The first-order valence-electron chi connectivity index (χ1n) is 10.1. The number of nitrogens with one attached hydrogen (secondary N) is 2. The van der Waals surface area contributed by atoms with Gasteiger partial charge in [0, 0.05) is 11.6 Å². The normalized spacial score (nSPS) is 12.9. The summed E-state index contributed by atoms with van der Waals surface area (Å²) in [4.78, 5) is 31.6. The molecule has 0 bridgehead atoms. The molecule has 1 amide bonds. The van der Waals surface area contributed by atoms with Gasteiger partial charge in [0.2, 0.25) is 0 Å². The van der Waals surface area contributed by atoms with Gasteiger partial charge in [-0.2, -0.15) is 0 Å². The van der Waals surface area contributed by atoms with E-state index in [1.807, 2.05) is 39.0 Å². The van der Waals surface area contributed by atoms with Crippen LogP contribution in [-0.2, 0) is 4.74 Å². The second-order valence-corrected chi connectivity index (χ2v) is 8.87. The van der Waals surface area contributed by atoms with Crippen LogP contribution in [0.1, 0.15) is 41.0 Å². The number of alkyl carbamates (subject to hydrolysis) is 1. The highest BCUT2D eigenvalue weighted by molar-refractivity contribution is 6.05. The molecule has 0 radical (unpaired) electrons. The third kappa shape index (κ3) is 5.49. The lowest BCUT2D eigenvalue weighted by Crippen LogP contribution is -2.42. The van der Waals surface area contributed by atoms with E-state index >= 15 is 0 Å². The van der Waals surface area contributed by atoms with E-state index < -0.39 is 11.7 Å². The van der Waals surface area contributed by atoms with E-state index in [1.165, 1.54) is 0 Å². The number of fused-ring (bicyclic) bond motifs is 3. The van der Waals surface area contributed by atoms with Crippen LogP contribution in [0.4, 0.5) is 4.79 Å². The highest BCUT2D eigenvalue weighted by Crippen LogP contribution is 2.24. The smallest absolute Gasteiger partial charge is 0.407 e. The number of aromatic nitrogens is 2. The molecule has 0 spiro atoms. The maximum atomic E-state index is 12.5. The number of carbonyl (C=O) groups is 1. The molecule has 0 aliphatic rings. The first-order valence-corrected chi connectivity index (χ1v) is 10.1. The maximum absolute atomic E-state index is 12.5. The number of amides is 1. The minimum absolute atomic E-state index is 0.193. The Balaban J connectivity index is 1.78. The van der Waals surface area contributed by atoms with Gasteiger partial charge in [0.25, 0.3) is 5.56 Å². The van der Waals surface area contributed by atoms with Crippen molar-refractivity contribution in [3.8, 4) is 5.75 Å². The molecule has 3 rings (SSSR count). The van der Waals surface area contributed by atoms with Crippen molar-refractivity contribution in [2.24, 2.45) is 5.92 Å². The predicted molar refractivity (Wildman–Crippen MR) is 118 cm³/mol. The van der Waals surface area contributed by atoms with E-state index in [9.17, 15) is 9.59 Å². The second kappa shape index (κ2) is 8.73. The molecule has 30 heavy (non-hydrogen) atoms. The van der Waals surface area contributed by atoms with Gasteiger partial charge in [0.15, 0.2) is 0 Å². The number of pyridine rings is 2. The Labute approximate surface area is 175 Å². The standard InChI is InChI=1S/C23H29N3O4/c1-14(2)10-15(25-22(28)30-23(3,4)5)13-29-16-6-7-17-18-8-9-24-12-20(18)26-21(27)19(17)11-16/h6-9,11-12,14-15H,10,13H2,1-5H3,(H,25,28)(H,26,27)/t15-/m0/s1. The first-order chi connectivity index (χ1) is 14.1. The highest BCUT2D eigenvalue weighted by Gasteiger charge is 2.21. The zero-order valence-corrected chi connectivity index (χ0v) is 18.1. The molecule has 0 saturated carbocycles. The van der Waals surface area contributed by atoms with Crippen molar-refractivity contribution in [1.82, 2.24) is 15.3 Å². The summed E-state index contributed by atoms with van der Waals surface area (Å²) in [6.07, 6.45) is 3.61. The minimum Gasteiger partial charge on any atom is -0.491 e. The molecule has 0 saturated heterocycles. The van der Waals surface area contributed by atoms with Gasteiger partial charge in [-0.05, 0) is 62.8 Å². The van der Waals surface area contributed by atoms with Crippen LogP contribution >= 0.6 is 0 Å². The molecule has 0 aliphatic heterocycles. The number of rotatable bonds is 6. The summed E-state index contributed by atoms with van der Waals surface area (Å²) in [5, 5.41) is 5.20. The SMILES string of the molecule is CC(C)C[C@@H](COc1ccc2c(c1)c(=O)[nH]c1cnccc12)NC(=O)OC(C)(C)C. The van der Waals surface area contributed by atoms with Crippen LogP contribution in [0.3, 0.4) is 0 Å². The number of benzene rings is 1. The van der Waals surface area contributed by atoms with E-state index in [2.05, 4.69) is 29.1 Å². The first kappa shape index (κ1) is 21.6. The molecule has 3 aromatic rings. The fourth-order valence-corrected chi connectivity index (χ4v) is 3.36. The molecule has 7 heteroatoms. The van der Waals surface area contributed by atoms with Gasteiger partial charge in [0.1, 0.15) is 18.0 Å². The summed E-state index contributed by atoms with van der Waals surface area (Å²) in [5.74, 6) is 0.939. The van der Waals surface area contributed by atoms with Gasteiger partial charge in [-0.15, -0.1) is 0 Å². The van der Waals surface area contributed by atoms with Crippen LogP contribution in [0.25, 0.3) is 21.7 Å². The Kier molecular flexibility index (Phi) is 6.29. The van der Waals surface area contributed by atoms with E-state index in [4.69, 9.17) is 9.47 Å². The summed E-state index contributed by atoms with van der Waals surface area (Å²) in [6.45, 7) is 9.92. The molecule has 0 aliphatic carbocycles. The van der Waals surface area contributed by atoms with Crippen molar-refractivity contribution in [1.29, 1.82) is 0 Å². The summed E-state index contributed by atoms with van der Waals surface area (Å²) < 4.78 is 11.3. The van der Waals surface area contributed by atoms with Crippen LogP contribution < -0.4 is 15.6 Å². The van der Waals surface area contributed by atoms with Crippen molar-refractivity contribution in [2.75, 3.05) is 6.61 Å². The van der Waals surface area contributed by atoms with Crippen molar-refractivity contribution in [2.45, 2.75) is 52.7 Å². The summed E-state index contributed by atoms with van der Waals surface area (Å²) >= 11 is 0. The molecule has 2 heterocycles. The Morgan fingerprint density at radius 1 is 1.17 bits per heavy atom. The quantitative estimate of drug-likeness (QED) is 0.587. The van der Waals surface area contributed by atoms with Crippen molar-refractivity contribution >= 4 is 27.8 Å². The third-order valence-corrected chi connectivity index (χ3v) is 4.52. The Morgan fingerprint density at radius 3 is 2.63 bits per heavy atom. The van der Waals surface area contributed by atoms with E-state index in [1.54, 1.807) is 18.5 Å². The Morgan fingerprint density at radius 2 is 1.93 bits per heavy atom. The Hall–Kier alpha value is -3.09. The summed E-state index contributed by atoms with van der Waals surface area (Å²) in [7, 11) is 0. The number of hydrogen-bond donors (Lipinski definition) is 2. The molecular weight excluding hydrogens is 382 g/mol. The maximum Gasteiger partial charge on any atom is 0.407 e. The average Bonchev–Trinajstić information content (AvgIpc) is 2.64. The number of nitrogens with zero attached hydrogens (tertiary/aromatic N) is 1. The van der Waals surface area contributed by atoms with Crippen molar-refractivity contribution in [3.63, 3.8) is 0 Å². The summed E-state index contributed by atoms with van der Waals surface area (Å²) in [6, 6.07) is 7.10. The van der Waals surface area contributed by atoms with E-state index in [0.29, 0.717) is 22.6 Å². The lowest BCUT2D eigenvalue weighted by atomic mass is 10.0. The molecule has 2 N–H and O–H groups in total. The number of hydrogen-bond acceptors (Lipinski definition) is 5. The van der Waals surface area contributed by atoms with E-state index in [0.717, 1.165) is 17.2 Å². The molecule has 2 aromatic heterocycles. The fourth-order valence-electron chi connectivity index (χ4n) is 3.36. The van der Waals surface area contributed by atoms with Crippen molar-refractivity contribution < 1.29 is 14.3 Å². The van der Waals surface area contributed by atoms with E-state index in [-0.39, 0.29) is 18.2 Å². The number of aromatic amines is 1. The second-order valence-electron chi connectivity index (χ2n) is 8.87. The molecule has 0 fully saturated rings. The lowest BCUT2D eigenvalue weighted by Gasteiger charge is -2.24. The number of ether oxygens (including phenoxy) is 2. The van der Waals surface area contributed by atoms with Gasteiger partial charge in [-0.1, -0.05) is 13.8 Å². The zero-order valence-electron chi connectivity index (χ0n) is 18.1. The van der Waals surface area contributed by atoms with Gasteiger partial charge in [0.05, 0.1) is 23.1 Å². The predicted octanol–water partition coefficient (Wildman–Crippen LogP) is 4.39. The van der Waals surface area contributed by atoms with Crippen LogP contribution in [0, 0.1) is 5.92 Å². The van der Waals surface area contributed by atoms with Crippen molar-refractivity contribution in [3.05, 3.63) is 47.0 Å². The number of H-pyrrole nitrogens is 1.